The van der Waals surface area contributed by atoms with Crippen LogP contribution in [0, 0.1) is 5.82 Å². The van der Waals surface area contributed by atoms with E-state index in [0.29, 0.717) is 30.0 Å². The molecule has 0 aliphatic carbocycles. The summed E-state index contributed by atoms with van der Waals surface area (Å²) in [6.07, 6.45) is 0.535. The van der Waals surface area contributed by atoms with Gasteiger partial charge in [-0.15, -0.1) is 0 Å². The maximum atomic E-state index is 12.9. The molecule has 0 unspecified atom stereocenters. The number of amides is 2. The predicted molar refractivity (Wildman–Crippen MR) is 99.2 cm³/mol. The Balaban J connectivity index is 1.82. The molecule has 0 saturated heterocycles. The normalized spacial score (nSPS) is 11.4. The summed E-state index contributed by atoms with van der Waals surface area (Å²) in [4.78, 5) is 23.9. The topological polar surface area (TPSA) is 76.7 Å². The van der Waals surface area contributed by atoms with Crippen LogP contribution in [-0.2, 0) is 16.0 Å². The van der Waals surface area contributed by atoms with Gasteiger partial charge in [0.25, 0.3) is 0 Å². The standard InChI is InChI=1S/C20H23FN2O4/c1-13(15-5-7-16(21)8-6-15)23-20(25)19(24)22-11-10-14-4-9-17(26-2)18(12-14)27-3/h4-9,12-13H,10-11H2,1-3H3,(H,22,24)(H,23,25)/t13-/m0/s1. The zero-order chi connectivity index (χ0) is 19.8. The number of nitrogens with one attached hydrogen (secondary N) is 2. The minimum absolute atomic E-state index is 0.298. The summed E-state index contributed by atoms with van der Waals surface area (Å²) in [5.74, 6) is -0.583. The third kappa shape index (κ3) is 5.70. The fraction of sp³-hybridized carbons (Fsp3) is 0.300. The van der Waals surface area contributed by atoms with Crippen molar-refractivity contribution in [2.45, 2.75) is 19.4 Å². The van der Waals surface area contributed by atoms with E-state index in [-0.39, 0.29) is 5.82 Å². The minimum Gasteiger partial charge on any atom is -0.493 e. The van der Waals surface area contributed by atoms with Crippen LogP contribution in [0.2, 0.25) is 0 Å². The zero-order valence-corrected chi connectivity index (χ0v) is 15.5. The summed E-state index contributed by atoms with van der Waals surface area (Å²) >= 11 is 0. The van der Waals surface area contributed by atoms with Gasteiger partial charge in [0.2, 0.25) is 0 Å². The fourth-order valence-corrected chi connectivity index (χ4v) is 2.53. The lowest BCUT2D eigenvalue weighted by Crippen LogP contribution is -2.41. The second-order valence-electron chi connectivity index (χ2n) is 5.94. The van der Waals surface area contributed by atoms with Gasteiger partial charge in [0, 0.05) is 6.54 Å². The van der Waals surface area contributed by atoms with Crippen molar-refractivity contribution in [2.24, 2.45) is 0 Å². The van der Waals surface area contributed by atoms with Crippen LogP contribution >= 0.6 is 0 Å². The van der Waals surface area contributed by atoms with Crippen LogP contribution in [-0.4, -0.2) is 32.6 Å². The number of hydrogen-bond donors (Lipinski definition) is 2. The first-order chi connectivity index (χ1) is 12.9. The third-order valence-electron chi connectivity index (χ3n) is 4.07. The van der Waals surface area contributed by atoms with Crippen LogP contribution in [0.25, 0.3) is 0 Å². The largest absolute Gasteiger partial charge is 0.493 e. The molecule has 0 fully saturated rings. The Hall–Kier alpha value is -3.09. The van der Waals surface area contributed by atoms with Crippen LogP contribution in [0.1, 0.15) is 24.1 Å². The second-order valence-corrected chi connectivity index (χ2v) is 5.94. The van der Waals surface area contributed by atoms with Crippen molar-refractivity contribution >= 4 is 11.8 Å². The molecule has 7 heteroatoms. The molecule has 6 nitrogen and oxygen atoms in total. The third-order valence-corrected chi connectivity index (χ3v) is 4.07. The lowest BCUT2D eigenvalue weighted by Gasteiger charge is -2.14. The van der Waals surface area contributed by atoms with E-state index in [2.05, 4.69) is 10.6 Å². The fourth-order valence-electron chi connectivity index (χ4n) is 2.53. The molecule has 0 aliphatic heterocycles. The molecule has 27 heavy (non-hydrogen) atoms. The van der Waals surface area contributed by atoms with Gasteiger partial charge in [-0.2, -0.15) is 0 Å². The van der Waals surface area contributed by atoms with Gasteiger partial charge >= 0.3 is 11.8 Å². The van der Waals surface area contributed by atoms with Gasteiger partial charge in [0.15, 0.2) is 11.5 Å². The highest BCUT2D eigenvalue weighted by Crippen LogP contribution is 2.27. The van der Waals surface area contributed by atoms with Gasteiger partial charge in [0.1, 0.15) is 5.82 Å². The number of carbonyl (C=O) groups is 2. The molecule has 0 saturated carbocycles. The summed E-state index contributed by atoms with van der Waals surface area (Å²) in [5.41, 5.74) is 1.65. The van der Waals surface area contributed by atoms with Gasteiger partial charge in [-0.1, -0.05) is 18.2 Å². The minimum atomic E-state index is -0.737. The number of rotatable bonds is 7. The van der Waals surface area contributed by atoms with Crippen molar-refractivity contribution in [3.05, 3.63) is 59.4 Å². The molecule has 2 aromatic rings. The Bertz CT molecular complexity index is 793. The van der Waals surface area contributed by atoms with Gasteiger partial charge in [-0.25, -0.2) is 4.39 Å². The number of benzene rings is 2. The summed E-state index contributed by atoms with van der Waals surface area (Å²) in [6, 6.07) is 10.8. The Labute approximate surface area is 157 Å². The first-order valence-corrected chi connectivity index (χ1v) is 8.49. The van der Waals surface area contributed by atoms with Crippen molar-refractivity contribution in [1.82, 2.24) is 10.6 Å². The van der Waals surface area contributed by atoms with E-state index in [0.717, 1.165) is 5.56 Å². The number of ether oxygens (including phenoxy) is 2. The molecule has 0 radical (unpaired) electrons. The number of halogens is 1. The van der Waals surface area contributed by atoms with E-state index < -0.39 is 17.9 Å². The van der Waals surface area contributed by atoms with Crippen molar-refractivity contribution in [1.29, 1.82) is 0 Å². The van der Waals surface area contributed by atoms with Crippen LogP contribution in [0.3, 0.4) is 0 Å². The van der Waals surface area contributed by atoms with E-state index in [1.807, 2.05) is 12.1 Å². The molecule has 0 spiro atoms. The highest BCUT2D eigenvalue weighted by atomic mass is 19.1. The predicted octanol–water partition coefficient (Wildman–Crippen LogP) is 2.38. The van der Waals surface area contributed by atoms with Gasteiger partial charge < -0.3 is 20.1 Å². The van der Waals surface area contributed by atoms with E-state index in [1.165, 1.54) is 12.1 Å². The average molecular weight is 374 g/mol. The lowest BCUT2D eigenvalue weighted by atomic mass is 10.1. The van der Waals surface area contributed by atoms with E-state index in [1.54, 1.807) is 39.3 Å². The maximum absolute atomic E-state index is 12.9. The van der Waals surface area contributed by atoms with Crippen LogP contribution < -0.4 is 20.1 Å². The van der Waals surface area contributed by atoms with Crippen molar-refractivity contribution in [2.75, 3.05) is 20.8 Å². The highest BCUT2D eigenvalue weighted by molar-refractivity contribution is 6.35. The Morgan fingerprint density at radius 3 is 2.30 bits per heavy atom. The summed E-state index contributed by atoms with van der Waals surface area (Å²) in [7, 11) is 3.11. The van der Waals surface area contributed by atoms with Crippen molar-refractivity contribution < 1.29 is 23.5 Å². The molecule has 2 aromatic carbocycles. The van der Waals surface area contributed by atoms with Crippen molar-refractivity contribution in [3.63, 3.8) is 0 Å². The molecule has 2 rings (SSSR count). The second kappa shape index (κ2) is 9.56. The molecular formula is C20H23FN2O4. The molecular weight excluding hydrogens is 351 g/mol. The molecule has 0 heterocycles. The molecule has 0 bridgehead atoms. The summed E-state index contributed by atoms with van der Waals surface area (Å²) < 4.78 is 23.4. The van der Waals surface area contributed by atoms with Gasteiger partial charge in [0.05, 0.1) is 20.3 Å². The average Bonchev–Trinajstić information content (AvgIpc) is 2.68. The molecule has 2 N–H and O–H groups in total. The van der Waals surface area contributed by atoms with E-state index in [4.69, 9.17) is 9.47 Å². The van der Waals surface area contributed by atoms with Crippen LogP contribution in [0.5, 0.6) is 11.5 Å². The highest BCUT2D eigenvalue weighted by Gasteiger charge is 2.16. The molecule has 144 valence electrons. The maximum Gasteiger partial charge on any atom is 0.309 e. The van der Waals surface area contributed by atoms with Crippen molar-refractivity contribution in [3.8, 4) is 11.5 Å². The zero-order valence-electron chi connectivity index (χ0n) is 15.5. The number of carbonyl (C=O) groups excluding carboxylic acids is 2. The molecule has 0 aliphatic rings. The quantitative estimate of drug-likeness (QED) is 0.730. The molecule has 1 atom stereocenters. The monoisotopic (exact) mass is 374 g/mol. The Kier molecular flexibility index (Phi) is 7.16. The smallest absolute Gasteiger partial charge is 0.309 e. The van der Waals surface area contributed by atoms with Gasteiger partial charge in [-0.3, -0.25) is 9.59 Å². The SMILES string of the molecule is COc1ccc(CCNC(=O)C(=O)N[C@@H](C)c2ccc(F)cc2)cc1OC. The molecule has 2 amide bonds. The first-order valence-electron chi connectivity index (χ1n) is 8.49. The van der Waals surface area contributed by atoms with Crippen LogP contribution in [0.15, 0.2) is 42.5 Å². The van der Waals surface area contributed by atoms with Crippen LogP contribution in [0.4, 0.5) is 4.39 Å². The number of hydrogen-bond acceptors (Lipinski definition) is 4. The van der Waals surface area contributed by atoms with E-state index in [9.17, 15) is 14.0 Å². The first kappa shape index (κ1) is 20.2. The van der Waals surface area contributed by atoms with E-state index >= 15 is 0 Å². The van der Waals surface area contributed by atoms with Gasteiger partial charge in [-0.05, 0) is 48.7 Å². The summed E-state index contributed by atoms with van der Waals surface area (Å²) in [5, 5.41) is 5.17. The Morgan fingerprint density at radius 1 is 1.00 bits per heavy atom. The summed E-state index contributed by atoms with van der Waals surface area (Å²) in [6.45, 7) is 2.02. The molecule has 0 aromatic heterocycles. The number of methoxy groups -OCH3 is 2. The lowest BCUT2D eigenvalue weighted by molar-refractivity contribution is -0.139. The Morgan fingerprint density at radius 2 is 1.67 bits per heavy atom.